The highest BCUT2D eigenvalue weighted by Gasteiger charge is 2.19. The second kappa shape index (κ2) is 4.90. The highest BCUT2D eigenvalue weighted by atomic mass is 16.3. The van der Waals surface area contributed by atoms with Crippen molar-refractivity contribution in [2.24, 2.45) is 0 Å². The summed E-state index contributed by atoms with van der Waals surface area (Å²) in [6.45, 7) is 1.20. The molecule has 18 heavy (non-hydrogen) atoms. The third-order valence-electron chi connectivity index (χ3n) is 3.49. The van der Waals surface area contributed by atoms with Crippen molar-refractivity contribution in [1.82, 2.24) is 14.5 Å². The predicted octanol–water partition coefficient (Wildman–Crippen LogP) is 1.82. The Balaban J connectivity index is 2.11. The molecule has 2 aromatic heterocycles. The number of pyridine rings is 1. The molecule has 1 aliphatic rings. The van der Waals surface area contributed by atoms with Crippen molar-refractivity contribution in [3.63, 3.8) is 0 Å². The molecule has 3 heterocycles. The molecular formula is C14H17N3O. The van der Waals surface area contributed by atoms with Gasteiger partial charge in [0, 0.05) is 49.6 Å². The first kappa shape index (κ1) is 11.4. The predicted molar refractivity (Wildman–Crippen MR) is 69.2 cm³/mol. The molecule has 1 aliphatic heterocycles. The Morgan fingerprint density at radius 2 is 2.06 bits per heavy atom. The molecule has 3 rings (SSSR count). The first-order valence-corrected chi connectivity index (χ1v) is 6.49. The van der Waals surface area contributed by atoms with E-state index < -0.39 is 0 Å². The Labute approximate surface area is 106 Å². The van der Waals surface area contributed by atoms with E-state index in [4.69, 9.17) is 4.98 Å². The van der Waals surface area contributed by atoms with Gasteiger partial charge in [-0.05, 0) is 25.0 Å². The molecule has 0 aliphatic carbocycles. The van der Waals surface area contributed by atoms with Crippen LogP contribution in [0.4, 0.5) is 0 Å². The first-order chi connectivity index (χ1) is 8.90. The number of nitrogens with zero attached hydrogens (tertiary/aromatic N) is 3. The minimum atomic E-state index is 0.170. The SMILES string of the molecule is OCCc1c(-c2ccncc2)nc2n1CCCC2. The van der Waals surface area contributed by atoms with E-state index in [1.54, 1.807) is 12.4 Å². The van der Waals surface area contributed by atoms with Crippen LogP contribution in [0.5, 0.6) is 0 Å². The lowest BCUT2D eigenvalue weighted by atomic mass is 10.1. The highest BCUT2D eigenvalue weighted by molar-refractivity contribution is 5.62. The van der Waals surface area contributed by atoms with Crippen LogP contribution < -0.4 is 0 Å². The van der Waals surface area contributed by atoms with Crippen molar-refractivity contribution in [2.75, 3.05) is 6.61 Å². The third-order valence-corrected chi connectivity index (χ3v) is 3.49. The summed E-state index contributed by atoms with van der Waals surface area (Å²) in [5, 5.41) is 9.26. The molecule has 0 bridgehead atoms. The molecule has 94 valence electrons. The van der Waals surface area contributed by atoms with E-state index in [0.29, 0.717) is 6.42 Å². The molecule has 4 nitrogen and oxygen atoms in total. The quantitative estimate of drug-likeness (QED) is 0.894. The normalized spacial score (nSPS) is 14.5. The lowest BCUT2D eigenvalue weighted by molar-refractivity contribution is 0.295. The summed E-state index contributed by atoms with van der Waals surface area (Å²) < 4.78 is 2.29. The third kappa shape index (κ3) is 1.93. The summed E-state index contributed by atoms with van der Waals surface area (Å²) >= 11 is 0. The smallest absolute Gasteiger partial charge is 0.109 e. The lowest BCUT2D eigenvalue weighted by Gasteiger charge is -2.16. The number of rotatable bonds is 3. The van der Waals surface area contributed by atoms with E-state index in [9.17, 15) is 5.11 Å². The average molecular weight is 243 g/mol. The summed E-state index contributed by atoms with van der Waals surface area (Å²) in [6, 6.07) is 3.96. The number of aromatic nitrogens is 3. The number of aliphatic hydroxyl groups is 1. The van der Waals surface area contributed by atoms with Gasteiger partial charge in [0.15, 0.2) is 0 Å². The van der Waals surface area contributed by atoms with E-state index in [-0.39, 0.29) is 6.61 Å². The second-order valence-electron chi connectivity index (χ2n) is 4.64. The molecule has 0 spiro atoms. The van der Waals surface area contributed by atoms with Crippen molar-refractivity contribution in [1.29, 1.82) is 0 Å². The average Bonchev–Trinajstić information content (AvgIpc) is 2.80. The van der Waals surface area contributed by atoms with Crippen molar-refractivity contribution in [3.05, 3.63) is 36.0 Å². The zero-order valence-corrected chi connectivity index (χ0v) is 10.3. The Morgan fingerprint density at radius 3 is 2.83 bits per heavy atom. The van der Waals surface area contributed by atoms with E-state index in [2.05, 4.69) is 9.55 Å². The fourth-order valence-corrected chi connectivity index (χ4v) is 2.65. The fourth-order valence-electron chi connectivity index (χ4n) is 2.65. The summed E-state index contributed by atoms with van der Waals surface area (Å²) in [5.74, 6) is 1.16. The highest BCUT2D eigenvalue weighted by Crippen LogP contribution is 2.27. The van der Waals surface area contributed by atoms with Crippen molar-refractivity contribution in [3.8, 4) is 11.3 Å². The van der Waals surface area contributed by atoms with E-state index in [1.165, 1.54) is 18.5 Å². The van der Waals surface area contributed by atoms with Crippen LogP contribution in [-0.2, 0) is 19.4 Å². The van der Waals surface area contributed by atoms with Crippen LogP contribution in [0.1, 0.15) is 24.4 Å². The number of hydrogen-bond acceptors (Lipinski definition) is 3. The molecular weight excluding hydrogens is 226 g/mol. The monoisotopic (exact) mass is 243 g/mol. The molecule has 2 aromatic rings. The van der Waals surface area contributed by atoms with Gasteiger partial charge in [-0.3, -0.25) is 4.98 Å². The van der Waals surface area contributed by atoms with Gasteiger partial charge in [0.05, 0.1) is 5.69 Å². The van der Waals surface area contributed by atoms with Gasteiger partial charge in [0.1, 0.15) is 5.82 Å². The number of aryl methyl sites for hydroxylation is 1. The van der Waals surface area contributed by atoms with E-state index in [0.717, 1.165) is 30.0 Å². The Hall–Kier alpha value is -1.68. The lowest BCUT2D eigenvalue weighted by Crippen LogP contribution is -2.13. The van der Waals surface area contributed by atoms with Gasteiger partial charge in [0.25, 0.3) is 0 Å². The molecule has 0 aromatic carbocycles. The minimum Gasteiger partial charge on any atom is -0.396 e. The number of aliphatic hydroxyl groups excluding tert-OH is 1. The first-order valence-electron chi connectivity index (χ1n) is 6.49. The van der Waals surface area contributed by atoms with Crippen LogP contribution in [-0.4, -0.2) is 26.2 Å². The van der Waals surface area contributed by atoms with Crippen molar-refractivity contribution in [2.45, 2.75) is 32.2 Å². The van der Waals surface area contributed by atoms with Gasteiger partial charge in [-0.25, -0.2) is 4.98 Å². The van der Waals surface area contributed by atoms with Crippen LogP contribution in [0, 0.1) is 0 Å². The number of fused-ring (bicyclic) bond motifs is 1. The summed E-state index contributed by atoms with van der Waals surface area (Å²) in [5.41, 5.74) is 3.28. The molecule has 1 N–H and O–H groups in total. The van der Waals surface area contributed by atoms with E-state index in [1.807, 2.05) is 12.1 Å². The molecule has 0 fully saturated rings. The van der Waals surface area contributed by atoms with Crippen molar-refractivity contribution < 1.29 is 5.11 Å². The summed E-state index contributed by atoms with van der Waals surface area (Å²) in [4.78, 5) is 8.81. The van der Waals surface area contributed by atoms with Crippen LogP contribution in [0.25, 0.3) is 11.3 Å². The molecule has 0 amide bonds. The molecule has 4 heteroatoms. The van der Waals surface area contributed by atoms with E-state index >= 15 is 0 Å². The fraction of sp³-hybridized carbons (Fsp3) is 0.429. The van der Waals surface area contributed by atoms with Gasteiger partial charge in [-0.1, -0.05) is 0 Å². The maximum Gasteiger partial charge on any atom is 0.109 e. The standard InChI is InChI=1S/C14H17N3O/c18-10-6-12-14(11-4-7-15-8-5-11)16-13-3-1-2-9-17(12)13/h4-5,7-8,18H,1-3,6,9-10H2. The number of imidazole rings is 1. The largest absolute Gasteiger partial charge is 0.396 e. The van der Waals surface area contributed by atoms with Crippen LogP contribution in [0.2, 0.25) is 0 Å². The van der Waals surface area contributed by atoms with Crippen LogP contribution in [0.15, 0.2) is 24.5 Å². The Kier molecular flexibility index (Phi) is 3.11. The summed E-state index contributed by atoms with van der Waals surface area (Å²) in [7, 11) is 0. The minimum absolute atomic E-state index is 0.170. The zero-order chi connectivity index (χ0) is 12.4. The Morgan fingerprint density at radius 1 is 1.22 bits per heavy atom. The Bertz CT molecular complexity index is 533. The van der Waals surface area contributed by atoms with Gasteiger partial charge in [0.2, 0.25) is 0 Å². The molecule has 0 unspecified atom stereocenters. The molecule has 0 saturated heterocycles. The molecule has 0 radical (unpaired) electrons. The van der Waals surface area contributed by atoms with Crippen LogP contribution >= 0.6 is 0 Å². The van der Waals surface area contributed by atoms with Gasteiger partial charge in [-0.15, -0.1) is 0 Å². The second-order valence-corrected chi connectivity index (χ2v) is 4.64. The van der Waals surface area contributed by atoms with Crippen molar-refractivity contribution >= 4 is 0 Å². The van der Waals surface area contributed by atoms with Crippen LogP contribution in [0.3, 0.4) is 0 Å². The summed E-state index contributed by atoms with van der Waals surface area (Å²) in [6.07, 6.45) is 7.71. The maximum absolute atomic E-state index is 9.26. The molecule has 0 atom stereocenters. The van der Waals surface area contributed by atoms with Gasteiger partial charge < -0.3 is 9.67 Å². The zero-order valence-electron chi connectivity index (χ0n) is 10.3. The van der Waals surface area contributed by atoms with Gasteiger partial charge >= 0.3 is 0 Å². The maximum atomic E-state index is 9.26. The molecule has 0 saturated carbocycles. The van der Waals surface area contributed by atoms with Gasteiger partial charge in [-0.2, -0.15) is 0 Å². The number of hydrogen-bond donors (Lipinski definition) is 1. The topological polar surface area (TPSA) is 50.9 Å².